The minimum Gasteiger partial charge on any atom is -0.392 e. The molecule has 0 fully saturated rings. The monoisotopic (exact) mass is 268 g/mol. The van der Waals surface area contributed by atoms with Gasteiger partial charge in [0.25, 0.3) is 5.91 Å². The second kappa shape index (κ2) is 6.44. The largest absolute Gasteiger partial charge is 0.392 e. The van der Waals surface area contributed by atoms with Crippen LogP contribution in [-0.2, 0) is 0 Å². The van der Waals surface area contributed by atoms with Crippen molar-refractivity contribution in [3.8, 4) is 0 Å². The van der Waals surface area contributed by atoms with Crippen LogP contribution < -0.4 is 5.73 Å². The van der Waals surface area contributed by atoms with E-state index in [9.17, 15) is 9.18 Å². The molecular formula is C13H17FN2OS. The second-order valence-corrected chi connectivity index (χ2v) is 4.73. The summed E-state index contributed by atoms with van der Waals surface area (Å²) in [6.07, 6.45) is 0.794. The summed E-state index contributed by atoms with van der Waals surface area (Å²) < 4.78 is 13.3. The Kier molecular flexibility index (Phi) is 5.22. The number of thiocarbonyl (C=S) groups is 1. The van der Waals surface area contributed by atoms with Crippen molar-refractivity contribution in [2.45, 2.75) is 20.3 Å². The lowest BCUT2D eigenvalue weighted by Crippen LogP contribution is -2.38. The predicted molar refractivity (Wildman–Crippen MR) is 74.1 cm³/mol. The summed E-state index contributed by atoms with van der Waals surface area (Å²) in [7, 11) is 0. The molecule has 0 atom stereocenters. The number of carbonyl (C=O) groups is 1. The standard InChI is InChI=1S/C13H17FN2OS/c1-3-4-16(8-12(15)18)13(17)10-5-9(2)6-11(14)7-10/h5-7H,3-4,8H2,1-2H3,(H2,15,18). The van der Waals surface area contributed by atoms with Gasteiger partial charge in [-0.1, -0.05) is 19.1 Å². The fraction of sp³-hybridized carbons (Fsp3) is 0.385. The van der Waals surface area contributed by atoms with Crippen LogP contribution in [0.1, 0.15) is 29.3 Å². The number of rotatable bonds is 5. The minimum absolute atomic E-state index is 0.220. The summed E-state index contributed by atoms with van der Waals surface area (Å²) in [5.41, 5.74) is 6.51. The van der Waals surface area contributed by atoms with Crippen LogP contribution >= 0.6 is 12.2 Å². The van der Waals surface area contributed by atoms with Gasteiger partial charge in [-0.05, 0) is 37.1 Å². The number of nitrogens with two attached hydrogens (primary N) is 1. The van der Waals surface area contributed by atoms with E-state index in [-0.39, 0.29) is 17.4 Å². The van der Waals surface area contributed by atoms with Gasteiger partial charge in [0.15, 0.2) is 0 Å². The van der Waals surface area contributed by atoms with E-state index in [1.807, 2.05) is 6.92 Å². The molecule has 0 aliphatic rings. The molecule has 1 amide bonds. The van der Waals surface area contributed by atoms with Gasteiger partial charge < -0.3 is 10.6 Å². The third-order valence-electron chi connectivity index (χ3n) is 2.42. The van der Waals surface area contributed by atoms with Crippen LogP contribution in [0.25, 0.3) is 0 Å². The lowest BCUT2D eigenvalue weighted by atomic mass is 10.1. The highest BCUT2D eigenvalue weighted by atomic mass is 32.1. The van der Waals surface area contributed by atoms with Gasteiger partial charge in [0, 0.05) is 12.1 Å². The van der Waals surface area contributed by atoms with E-state index in [4.69, 9.17) is 18.0 Å². The van der Waals surface area contributed by atoms with E-state index in [0.29, 0.717) is 17.7 Å². The molecule has 0 bridgehead atoms. The van der Waals surface area contributed by atoms with Crippen molar-refractivity contribution in [3.05, 3.63) is 35.1 Å². The SMILES string of the molecule is CCCN(CC(N)=S)C(=O)c1cc(C)cc(F)c1. The van der Waals surface area contributed by atoms with Crippen molar-refractivity contribution >= 4 is 23.1 Å². The van der Waals surface area contributed by atoms with Gasteiger partial charge in [-0.25, -0.2) is 4.39 Å². The first-order valence-electron chi connectivity index (χ1n) is 5.78. The van der Waals surface area contributed by atoms with Gasteiger partial charge in [0.1, 0.15) is 5.82 Å². The fourth-order valence-electron chi connectivity index (χ4n) is 1.75. The molecule has 0 saturated carbocycles. The van der Waals surface area contributed by atoms with Gasteiger partial charge in [0.2, 0.25) is 0 Å². The van der Waals surface area contributed by atoms with Gasteiger partial charge in [-0.2, -0.15) is 0 Å². The summed E-state index contributed by atoms with van der Waals surface area (Å²) >= 11 is 4.82. The Labute approximate surface area is 112 Å². The molecule has 0 aliphatic carbocycles. The maximum atomic E-state index is 13.3. The Hall–Kier alpha value is -1.49. The van der Waals surface area contributed by atoms with E-state index in [1.54, 1.807) is 13.0 Å². The number of aryl methyl sites for hydroxylation is 1. The molecule has 5 heteroatoms. The third kappa shape index (κ3) is 4.07. The number of nitrogens with zero attached hydrogens (tertiary/aromatic N) is 1. The average molecular weight is 268 g/mol. The smallest absolute Gasteiger partial charge is 0.254 e. The van der Waals surface area contributed by atoms with Crippen molar-refractivity contribution in [1.82, 2.24) is 4.90 Å². The van der Waals surface area contributed by atoms with Crippen LogP contribution in [-0.4, -0.2) is 28.9 Å². The Balaban J connectivity index is 2.97. The van der Waals surface area contributed by atoms with Crippen LogP contribution in [0.5, 0.6) is 0 Å². The zero-order chi connectivity index (χ0) is 13.7. The molecule has 0 spiro atoms. The minimum atomic E-state index is -0.412. The molecular weight excluding hydrogens is 251 g/mol. The number of benzene rings is 1. The summed E-state index contributed by atoms with van der Waals surface area (Å²) in [5.74, 6) is -0.655. The Bertz CT molecular complexity index is 442. The van der Waals surface area contributed by atoms with E-state index in [0.717, 1.165) is 6.42 Å². The Morgan fingerprint density at radius 2 is 2.11 bits per heavy atom. The average Bonchev–Trinajstić information content (AvgIpc) is 2.25. The zero-order valence-corrected chi connectivity index (χ0v) is 11.4. The van der Waals surface area contributed by atoms with E-state index in [2.05, 4.69) is 0 Å². The fourth-order valence-corrected chi connectivity index (χ4v) is 1.91. The lowest BCUT2D eigenvalue weighted by Gasteiger charge is -2.21. The first kappa shape index (κ1) is 14.6. The molecule has 3 nitrogen and oxygen atoms in total. The number of hydrogen-bond acceptors (Lipinski definition) is 2. The van der Waals surface area contributed by atoms with Crippen LogP contribution in [0.3, 0.4) is 0 Å². The zero-order valence-electron chi connectivity index (χ0n) is 10.6. The molecule has 0 radical (unpaired) electrons. The highest BCUT2D eigenvalue weighted by Gasteiger charge is 2.16. The molecule has 0 aliphatic heterocycles. The number of hydrogen-bond donors (Lipinski definition) is 1. The van der Waals surface area contributed by atoms with Crippen molar-refractivity contribution in [1.29, 1.82) is 0 Å². The molecule has 18 heavy (non-hydrogen) atoms. The molecule has 1 aromatic carbocycles. The van der Waals surface area contributed by atoms with Crippen molar-refractivity contribution in [3.63, 3.8) is 0 Å². The van der Waals surface area contributed by atoms with Crippen molar-refractivity contribution in [2.24, 2.45) is 5.73 Å². The summed E-state index contributed by atoms with van der Waals surface area (Å²) in [6.45, 7) is 4.47. The molecule has 2 N–H and O–H groups in total. The summed E-state index contributed by atoms with van der Waals surface area (Å²) in [5, 5.41) is 0. The Morgan fingerprint density at radius 3 is 2.61 bits per heavy atom. The van der Waals surface area contributed by atoms with Crippen LogP contribution in [0, 0.1) is 12.7 Å². The van der Waals surface area contributed by atoms with Crippen LogP contribution in [0.15, 0.2) is 18.2 Å². The van der Waals surface area contributed by atoms with Crippen LogP contribution in [0.2, 0.25) is 0 Å². The number of halogens is 1. The van der Waals surface area contributed by atoms with Gasteiger partial charge in [-0.15, -0.1) is 0 Å². The van der Waals surface area contributed by atoms with Gasteiger partial charge >= 0.3 is 0 Å². The number of amides is 1. The van der Waals surface area contributed by atoms with Crippen molar-refractivity contribution in [2.75, 3.05) is 13.1 Å². The Morgan fingerprint density at radius 1 is 1.44 bits per heavy atom. The molecule has 0 saturated heterocycles. The third-order valence-corrected chi connectivity index (χ3v) is 2.55. The van der Waals surface area contributed by atoms with E-state index in [1.165, 1.54) is 17.0 Å². The second-order valence-electron chi connectivity index (χ2n) is 4.21. The normalized spacial score (nSPS) is 10.2. The van der Waals surface area contributed by atoms with E-state index >= 15 is 0 Å². The highest BCUT2D eigenvalue weighted by molar-refractivity contribution is 7.80. The molecule has 1 rings (SSSR count). The maximum absolute atomic E-state index is 13.3. The summed E-state index contributed by atoms with van der Waals surface area (Å²) in [6, 6.07) is 4.28. The van der Waals surface area contributed by atoms with E-state index < -0.39 is 5.82 Å². The first-order valence-corrected chi connectivity index (χ1v) is 6.19. The first-order chi connectivity index (χ1) is 8.43. The predicted octanol–water partition coefficient (Wildman–Crippen LogP) is 2.27. The molecule has 98 valence electrons. The molecule has 0 aromatic heterocycles. The quantitative estimate of drug-likeness (QED) is 0.833. The lowest BCUT2D eigenvalue weighted by molar-refractivity contribution is 0.0779. The van der Waals surface area contributed by atoms with Gasteiger partial charge in [-0.3, -0.25) is 4.79 Å². The number of carbonyl (C=O) groups excluding carboxylic acids is 1. The van der Waals surface area contributed by atoms with Crippen LogP contribution in [0.4, 0.5) is 4.39 Å². The molecule has 0 heterocycles. The molecule has 1 aromatic rings. The molecule has 0 unspecified atom stereocenters. The topological polar surface area (TPSA) is 46.3 Å². The summed E-state index contributed by atoms with van der Waals surface area (Å²) in [4.78, 5) is 14.0. The highest BCUT2D eigenvalue weighted by Crippen LogP contribution is 2.11. The maximum Gasteiger partial charge on any atom is 0.254 e. The van der Waals surface area contributed by atoms with Gasteiger partial charge in [0.05, 0.1) is 11.5 Å². The van der Waals surface area contributed by atoms with Crippen molar-refractivity contribution < 1.29 is 9.18 Å².